The summed E-state index contributed by atoms with van der Waals surface area (Å²) in [5, 5.41) is 2.93. The van der Waals surface area contributed by atoms with E-state index in [9.17, 15) is 19.2 Å². The zero-order valence-corrected chi connectivity index (χ0v) is 31.4. The van der Waals surface area contributed by atoms with Crippen molar-refractivity contribution in [3.8, 4) is 11.1 Å². The molecular weight excluding hydrogens is 749 g/mol. The van der Waals surface area contributed by atoms with E-state index < -0.39 is 29.3 Å². The Morgan fingerprint density at radius 2 is 0.719 bits per heavy atom. The lowest BCUT2D eigenvalue weighted by atomic mass is 9.68. The summed E-state index contributed by atoms with van der Waals surface area (Å²) in [4.78, 5) is 54.2. The third kappa shape index (κ3) is 4.94. The molecule has 6 nitrogen and oxygen atoms in total. The Kier molecular flexibility index (Phi) is 7.45. The number of ether oxygens (including phenoxy) is 2. The standard InChI is InChI=1S/C49H26O6S2/c50-45-35-11-5-9-33-41(25-23-37(43(33)35)47(52)54-45)56-29-19-15-27(16-20-29)49(39-13-3-1-7-31(39)32-8-2-4-14-40(32)49)28-17-21-30(22-18-28)57-42-26-24-38-44-34(42)10-6-12-36(44)46(51)55-48(38)53/h1-26H. The van der Waals surface area contributed by atoms with E-state index in [4.69, 9.17) is 9.47 Å². The van der Waals surface area contributed by atoms with Gasteiger partial charge in [0.05, 0.1) is 27.7 Å². The lowest BCUT2D eigenvalue weighted by Gasteiger charge is -2.34. The highest BCUT2D eigenvalue weighted by atomic mass is 32.2. The fourth-order valence-corrected chi connectivity index (χ4v) is 10.7. The van der Waals surface area contributed by atoms with E-state index in [0.29, 0.717) is 33.0 Å². The van der Waals surface area contributed by atoms with Crippen LogP contribution in [0, 0.1) is 0 Å². The monoisotopic (exact) mass is 774 g/mol. The molecule has 8 aromatic carbocycles. The van der Waals surface area contributed by atoms with Crippen LogP contribution in [0.4, 0.5) is 0 Å². The molecule has 8 heteroatoms. The summed E-state index contributed by atoms with van der Waals surface area (Å²) in [5.41, 5.74) is 8.01. The second kappa shape index (κ2) is 12.6. The number of carbonyl (C=O) groups is 4. The van der Waals surface area contributed by atoms with Crippen LogP contribution in [0.3, 0.4) is 0 Å². The third-order valence-electron chi connectivity index (χ3n) is 11.2. The highest BCUT2D eigenvalue weighted by Crippen LogP contribution is 2.56. The van der Waals surface area contributed by atoms with Crippen LogP contribution in [-0.4, -0.2) is 23.9 Å². The second-order valence-corrected chi connectivity index (χ2v) is 16.4. The SMILES string of the molecule is O=C1OC(=O)c2ccc(Sc3ccc(C4(c5ccc(Sc6ccc7c8c(cccc68)C(=O)OC7=O)cc5)c5ccccc5-c5ccccc54)cc3)c3cccc1c23. The summed E-state index contributed by atoms with van der Waals surface area (Å²) in [5.74, 6) is -2.50. The summed E-state index contributed by atoms with van der Waals surface area (Å²) < 4.78 is 9.95. The molecule has 0 spiro atoms. The van der Waals surface area contributed by atoms with E-state index in [1.165, 1.54) is 22.3 Å². The average molecular weight is 775 g/mol. The maximum Gasteiger partial charge on any atom is 0.346 e. The fourth-order valence-electron chi connectivity index (χ4n) is 8.83. The summed E-state index contributed by atoms with van der Waals surface area (Å²) >= 11 is 3.18. The third-order valence-corrected chi connectivity index (χ3v) is 13.4. The lowest BCUT2D eigenvalue weighted by molar-refractivity contribution is 0.0373. The average Bonchev–Trinajstić information content (AvgIpc) is 3.54. The highest BCUT2D eigenvalue weighted by Gasteiger charge is 2.46. The van der Waals surface area contributed by atoms with Crippen LogP contribution in [-0.2, 0) is 14.9 Å². The zero-order valence-electron chi connectivity index (χ0n) is 29.8. The van der Waals surface area contributed by atoms with Crippen molar-refractivity contribution in [3.63, 3.8) is 0 Å². The van der Waals surface area contributed by atoms with Gasteiger partial charge in [0, 0.05) is 30.4 Å². The van der Waals surface area contributed by atoms with Crippen LogP contribution in [0.1, 0.15) is 63.7 Å². The molecule has 2 heterocycles. The van der Waals surface area contributed by atoms with Crippen molar-refractivity contribution in [1.29, 1.82) is 0 Å². The number of fused-ring (bicyclic) bond motifs is 3. The Hall–Kier alpha value is -6.74. The molecule has 0 bridgehead atoms. The van der Waals surface area contributed by atoms with Gasteiger partial charge in [0.2, 0.25) is 0 Å². The Balaban J connectivity index is 0.998. The number of esters is 4. The molecule has 0 atom stereocenters. The summed E-state index contributed by atoms with van der Waals surface area (Å²) in [7, 11) is 0. The van der Waals surface area contributed by atoms with Crippen LogP contribution >= 0.6 is 23.5 Å². The zero-order chi connectivity index (χ0) is 38.4. The van der Waals surface area contributed by atoms with Crippen LogP contribution < -0.4 is 0 Å². The molecule has 2 aliphatic heterocycles. The maximum atomic E-state index is 12.6. The van der Waals surface area contributed by atoms with E-state index in [-0.39, 0.29) is 0 Å². The van der Waals surface area contributed by atoms with Crippen LogP contribution in [0.25, 0.3) is 32.7 Å². The molecule has 3 aliphatic rings. The van der Waals surface area contributed by atoms with Crippen LogP contribution in [0.2, 0.25) is 0 Å². The minimum atomic E-state index is -0.624. The summed E-state index contributed by atoms with van der Waals surface area (Å²) in [6, 6.07) is 52.8. The molecule has 0 fully saturated rings. The van der Waals surface area contributed by atoms with Gasteiger partial charge < -0.3 is 9.47 Å². The Labute approximate surface area is 334 Å². The van der Waals surface area contributed by atoms with E-state index in [0.717, 1.165) is 41.5 Å². The van der Waals surface area contributed by atoms with Crippen molar-refractivity contribution in [3.05, 3.63) is 202 Å². The molecular formula is C49H26O6S2. The molecule has 8 aromatic rings. The van der Waals surface area contributed by atoms with Crippen molar-refractivity contribution >= 4 is 68.9 Å². The van der Waals surface area contributed by atoms with E-state index in [1.807, 2.05) is 36.4 Å². The number of benzene rings is 8. The van der Waals surface area contributed by atoms with Crippen molar-refractivity contribution in [2.45, 2.75) is 25.0 Å². The topological polar surface area (TPSA) is 86.7 Å². The van der Waals surface area contributed by atoms with Gasteiger partial charge >= 0.3 is 23.9 Å². The molecule has 270 valence electrons. The van der Waals surface area contributed by atoms with Crippen molar-refractivity contribution in [1.82, 2.24) is 0 Å². The van der Waals surface area contributed by atoms with Gasteiger partial charge in [-0.05, 0) is 105 Å². The number of hydrogen-bond acceptors (Lipinski definition) is 8. The second-order valence-electron chi connectivity index (χ2n) is 14.1. The van der Waals surface area contributed by atoms with Crippen molar-refractivity contribution in [2.75, 3.05) is 0 Å². The molecule has 57 heavy (non-hydrogen) atoms. The van der Waals surface area contributed by atoms with Gasteiger partial charge in [0.15, 0.2) is 0 Å². The normalized spacial score (nSPS) is 14.7. The first-order valence-electron chi connectivity index (χ1n) is 18.3. The van der Waals surface area contributed by atoms with Crippen LogP contribution in [0.15, 0.2) is 177 Å². The predicted octanol–water partition coefficient (Wildman–Crippen LogP) is 11.3. The number of rotatable bonds is 6. The van der Waals surface area contributed by atoms with Gasteiger partial charge in [-0.25, -0.2) is 19.2 Å². The molecule has 0 aromatic heterocycles. The number of carbonyl (C=O) groups excluding carboxylic acids is 4. The fraction of sp³-hybridized carbons (Fsp3) is 0.0204. The van der Waals surface area contributed by atoms with Gasteiger partial charge in [-0.3, -0.25) is 0 Å². The Morgan fingerprint density at radius 1 is 0.351 bits per heavy atom. The summed E-state index contributed by atoms with van der Waals surface area (Å²) in [6.45, 7) is 0. The molecule has 0 saturated carbocycles. The van der Waals surface area contributed by atoms with E-state index in [1.54, 1.807) is 47.8 Å². The minimum Gasteiger partial charge on any atom is -0.386 e. The molecule has 0 unspecified atom stereocenters. The molecule has 0 N–H and O–H groups in total. The van der Waals surface area contributed by atoms with Gasteiger partial charge in [-0.15, -0.1) is 0 Å². The first kappa shape index (κ1) is 33.6. The van der Waals surface area contributed by atoms with Crippen molar-refractivity contribution in [2.24, 2.45) is 0 Å². The Morgan fingerprint density at radius 3 is 1.14 bits per heavy atom. The van der Waals surface area contributed by atoms with E-state index >= 15 is 0 Å². The first-order chi connectivity index (χ1) is 27.9. The largest absolute Gasteiger partial charge is 0.386 e. The molecule has 0 amide bonds. The van der Waals surface area contributed by atoms with Gasteiger partial charge in [-0.2, -0.15) is 0 Å². The lowest BCUT2D eigenvalue weighted by Crippen LogP contribution is -2.28. The predicted molar refractivity (Wildman–Crippen MR) is 219 cm³/mol. The van der Waals surface area contributed by atoms with E-state index in [2.05, 4.69) is 97.1 Å². The number of hydrogen-bond donors (Lipinski definition) is 0. The molecule has 0 radical (unpaired) electrons. The van der Waals surface area contributed by atoms with Gasteiger partial charge in [0.1, 0.15) is 0 Å². The highest BCUT2D eigenvalue weighted by molar-refractivity contribution is 7.99. The maximum absolute atomic E-state index is 12.6. The Bertz CT molecular complexity index is 2840. The number of cyclic esters (lactones) is 4. The summed E-state index contributed by atoms with van der Waals surface area (Å²) in [6.07, 6.45) is 0. The van der Waals surface area contributed by atoms with Gasteiger partial charge in [0.25, 0.3) is 0 Å². The van der Waals surface area contributed by atoms with Crippen molar-refractivity contribution < 1.29 is 28.7 Å². The van der Waals surface area contributed by atoms with Crippen LogP contribution in [0.5, 0.6) is 0 Å². The first-order valence-corrected chi connectivity index (χ1v) is 19.9. The molecule has 1 aliphatic carbocycles. The smallest absolute Gasteiger partial charge is 0.346 e. The molecule has 11 rings (SSSR count). The van der Waals surface area contributed by atoms with Gasteiger partial charge in [-0.1, -0.05) is 121 Å². The quantitative estimate of drug-likeness (QED) is 0.122. The minimum absolute atomic E-state index is 0.397. The molecule has 0 saturated heterocycles.